The molecule has 4 aromatic heterocycles. The average Bonchev–Trinajstić information content (AvgIpc) is 3.21. The molecule has 0 saturated heterocycles. The van der Waals surface area contributed by atoms with Gasteiger partial charge in [-0.15, -0.1) is 0 Å². The molecule has 0 N–H and O–H groups in total. The molecule has 0 aliphatic heterocycles. The Kier molecular flexibility index (Phi) is 7.45. The minimum absolute atomic E-state index is 0.912. The van der Waals surface area contributed by atoms with Gasteiger partial charge in [0.2, 0.25) is 0 Å². The first-order chi connectivity index (χ1) is 24.8. The SMILES string of the molecule is c1cncc(-c2cccc(-c3ccc(-c4c5ccccc5c(-c5ccc(-c6cccc(-c7cccnc7)n6)cc5)c5ccccc45)cc3)n2)c1. The third-order valence-corrected chi connectivity index (χ3v) is 9.28. The van der Waals surface area contributed by atoms with Gasteiger partial charge in [-0.1, -0.05) is 109 Å². The first-order valence-electron chi connectivity index (χ1n) is 16.7. The van der Waals surface area contributed by atoms with Crippen LogP contribution in [0.4, 0.5) is 0 Å². The molecule has 0 fully saturated rings. The van der Waals surface area contributed by atoms with Crippen molar-refractivity contribution in [1.82, 2.24) is 19.9 Å². The number of nitrogens with zero attached hydrogens (tertiary/aromatic N) is 4. The van der Waals surface area contributed by atoms with Crippen LogP contribution in [0.2, 0.25) is 0 Å². The molecule has 0 bridgehead atoms. The van der Waals surface area contributed by atoms with E-state index < -0.39 is 0 Å². The minimum atomic E-state index is 0.912. The highest BCUT2D eigenvalue weighted by Gasteiger charge is 2.17. The molecular weight excluding hydrogens is 609 g/mol. The van der Waals surface area contributed by atoms with Crippen molar-refractivity contribution in [2.24, 2.45) is 0 Å². The van der Waals surface area contributed by atoms with Crippen molar-refractivity contribution in [3.05, 3.63) is 183 Å². The summed E-state index contributed by atoms with van der Waals surface area (Å²) in [6.45, 7) is 0. The Labute approximate surface area is 290 Å². The topological polar surface area (TPSA) is 51.6 Å². The van der Waals surface area contributed by atoms with Crippen LogP contribution >= 0.6 is 0 Å². The summed E-state index contributed by atoms with van der Waals surface area (Å²) < 4.78 is 0. The van der Waals surface area contributed by atoms with Gasteiger partial charge in [0.05, 0.1) is 22.8 Å². The molecule has 50 heavy (non-hydrogen) atoms. The van der Waals surface area contributed by atoms with Crippen LogP contribution in [0.5, 0.6) is 0 Å². The molecule has 4 nitrogen and oxygen atoms in total. The lowest BCUT2D eigenvalue weighted by Gasteiger charge is -2.18. The van der Waals surface area contributed by atoms with E-state index >= 15 is 0 Å². The molecule has 9 aromatic rings. The maximum absolute atomic E-state index is 4.96. The zero-order valence-electron chi connectivity index (χ0n) is 27.1. The highest BCUT2D eigenvalue weighted by atomic mass is 14.7. The normalized spacial score (nSPS) is 11.2. The summed E-state index contributed by atoms with van der Waals surface area (Å²) in [5.74, 6) is 0. The number of fused-ring (bicyclic) bond motifs is 2. The first-order valence-corrected chi connectivity index (χ1v) is 16.7. The Balaban J connectivity index is 1.12. The molecule has 0 aliphatic rings. The summed E-state index contributed by atoms with van der Waals surface area (Å²) in [6, 6.07) is 55.4. The van der Waals surface area contributed by atoms with Crippen molar-refractivity contribution in [2.45, 2.75) is 0 Å². The summed E-state index contributed by atoms with van der Waals surface area (Å²) in [6.07, 6.45) is 7.27. The van der Waals surface area contributed by atoms with E-state index in [1.165, 1.54) is 43.8 Å². The van der Waals surface area contributed by atoms with Crippen LogP contribution in [-0.2, 0) is 0 Å². The molecule has 0 saturated carbocycles. The van der Waals surface area contributed by atoms with Crippen LogP contribution < -0.4 is 0 Å². The van der Waals surface area contributed by atoms with Crippen molar-refractivity contribution in [1.29, 1.82) is 0 Å². The lowest BCUT2D eigenvalue weighted by molar-refractivity contribution is 1.28. The molecule has 4 heterocycles. The fraction of sp³-hybridized carbons (Fsp3) is 0. The van der Waals surface area contributed by atoms with Crippen molar-refractivity contribution in [3.8, 4) is 67.3 Å². The number of rotatable bonds is 6. The predicted molar refractivity (Wildman–Crippen MR) is 205 cm³/mol. The Morgan fingerprint density at radius 2 is 0.600 bits per heavy atom. The van der Waals surface area contributed by atoms with Crippen LogP contribution in [0, 0.1) is 0 Å². The van der Waals surface area contributed by atoms with E-state index in [9.17, 15) is 0 Å². The van der Waals surface area contributed by atoms with Gasteiger partial charge in [0.1, 0.15) is 0 Å². The smallest absolute Gasteiger partial charge is 0.0725 e. The Hall–Kier alpha value is -6.78. The molecule has 9 rings (SSSR count). The van der Waals surface area contributed by atoms with Gasteiger partial charge in [-0.2, -0.15) is 0 Å². The summed E-state index contributed by atoms with van der Waals surface area (Å²) in [5, 5.41) is 4.89. The van der Waals surface area contributed by atoms with E-state index in [1.54, 1.807) is 12.4 Å². The van der Waals surface area contributed by atoms with Gasteiger partial charge in [-0.25, -0.2) is 9.97 Å². The second-order valence-electron chi connectivity index (χ2n) is 12.3. The molecule has 5 aromatic carbocycles. The van der Waals surface area contributed by atoms with Gasteiger partial charge in [-0.3, -0.25) is 9.97 Å². The lowest BCUT2D eigenvalue weighted by atomic mass is 9.85. The van der Waals surface area contributed by atoms with E-state index in [0.29, 0.717) is 0 Å². The summed E-state index contributed by atoms with van der Waals surface area (Å²) in [4.78, 5) is 18.5. The van der Waals surface area contributed by atoms with Crippen molar-refractivity contribution < 1.29 is 0 Å². The Morgan fingerprint density at radius 1 is 0.260 bits per heavy atom. The van der Waals surface area contributed by atoms with Crippen molar-refractivity contribution in [2.75, 3.05) is 0 Å². The fourth-order valence-corrected chi connectivity index (χ4v) is 6.91. The average molecular weight is 639 g/mol. The van der Waals surface area contributed by atoms with Crippen molar-refractivity contribution >= 4 is 21.5 Å². The predicted octanol–water partition coefficient (Wildman–Crippen LogP) is 11.6. The van der Waals surface area contributed by atoms with Gasteiger partial charge in [0, 0.05) is 47.0 Å². The van der Waals surface area contributed by atoms with Gasteiger partial charge in [0.15, 0.2) is 0 Å². The monoisotopic (exact) mass is 638 g/mol. The number of pyridine rings is 4. The van der Waals surface area contributed by atoms with E-state index in [-0.39, 0.29) is 0 Å². The zero-order chi connectivity index (χ0) is 33.3. The molecule has 0 unspecified atom stereocenters. The molecule has 0 spiro atoms. The lowest BCUT2D eigenvalue weighted by Crippen LogP contribution is -1.92. The Bertz CT molecular complexity index is 2370. The standard InChI is InChI=1S/C46H30N4/c1-2-12-38-37(11-1)45(33-23-19-31(20-24-33)41-15-5-17-43(49-41)35-9-7-27-47-29-35)39-13-3-4-14-40(39)46(38)34-25-21-32(22-26-34)42-16-6-18-44(50-42)36-10-8-28-48-30-36/h1-30H. The maximum Gasteiger partial charge on any atom is 0.0725 e. The van der Waals surface area contributed by atoms with Crippen LogP contribution in [-0.4, -0.2) is 19.9 Å². The van der Waals surface area contributed by atoms with Gasteiger partial charge in [0.25, 0.3) is 0 Å². The summed E-state index contributed by atoms with van der Waals surface area (Å²) >= 11 is 0. The Morgan fingerprint density at radius 3 is 0.940 bits per heavy atom. The quantitative estimate of drug-likeness (QED) is 0.170. The number of aromatic nitrogens is 4. The summed E-state index contributed by atoms with van der Waals surface area (Å²) in [5.41, 5.74) is 12.7. The fourth-order valence-electron chi connectivity index (χ4n) is 6.91. The third-order valence-electron chi connectivity index (χ3n) is 9.28. The maximum atomic E-state index is 4.96. The molecule has 0 atom stereocenters. The van der Waals surface area contributed by atoms with Gasteiger partial charge < -0.3 is 0 Å². The minimum Gasteiger partial charge on any atom is -0.264 e. The molecule has 234 valence electrons. The molecule has 4 heteroatoms. The second kappa shape index (κ2) is 12.7. The molecule has 0 amide bonds. The second-order valence-corrected chi connectivity index (χ2v) is 12.3. The molecule has 0 radical (unpaired) electrons. The summed E-state index contributed by atoms with van der Waals surface area (Å²) in [7, 11) is 0. The largest absolute Gasteiger partial charge is 0.264 e. The van der Waals surface area contributed by atoms with E-state index in [0.717, 1.165) is 45.0 Å². The van der Waals surface area contributed by atoms with Crippen LogP contribution in [0.15, 0.2) is 183 Å². The number of hydrogen-bond acceptors (Lipinski definition) is 4. The third kappa shape index (κ3) is 5.39. The highest BCUT2D eigenvalue weighted by molar-refractivity contribution is 6.21. The zero-order valence-corrected chi connectivity index (χ0v) is 27.1. The van der Waals surface area contributed by atoms with Crippen LogP contribution in [0.1, 0.15) is 0 Å². The van der Waals surface area contributed by atoms with E-state index in [2.05, 4.69) is 131 Å². The van der Waals surface area contributed by atoms with Crippen molar-refractivity contribution in [3.63, 3.8) is 0 Å². The first kappa shape index (κ1) is 29.4. The van der Waals surface area contributed by atoms with Gasteiger partial charge >= 0.3 is 0 Å². The van der Waals surface area contributed by atoms with Crippen LogP contribution in [0.3, 0.4) is 0 Å². The number of hydrogen-bond donors (Lipinski definition) is 0. The molecule has 0 aliphatic carbocycles. The number of benzene rings is 5. The van der Waals surface area contributed by atoms with Crippen LogP contribution in [0.25, 0.3) is 88.8 Å². The highest BCUT2D eigenvalue weighted by Crippen LogP contribution is 2.44. The molecular formula is C46H30N4. The van der Waals surface area contributed by atoms with E-state index in [4.69, 9.17) is 9.97 Å². The van der Waals surface area contributed by atoms with Gasteiger partial charge in [-0.05, 0) is 92.3 Å². The van der Waals surface area contributed by atoms with E-state index in [1.807, 2.05) is 48.8 Å².